The number of ether oxygens (including phenoxy) is 2. The Morgan fingerprint density at radius 3 is 2.71 bits per heavy atom. The molecule has 128 valence electrons. The summed E-state index contributed by atoms with van der Waals surface area (Å²) in [5.74, 6) is -0.297. The third-order valence-electron chi connectivity index (χ3n) is 3.28. The molecule has 24 heavy (non-hydrogen) atoms. The molecule has 2 rings (SSSR count). The van der Waals surface area contributed by atoms with Crippen LogP contribution in [0.1, 0.15) is 27.7 Å². The summed E-state index contributed by atoms with van der Waals surface area (Å²) in [5, 5.41) is 3.72. The Labute approximate surface area is 149 Å². The fourth-order valence-electron chi connectivity index (χ4n) is 2.03. The van der Waals surface area contributed by atoms with Gasteiger partial charge in [0, 0.05) is 9.90 Å². The molecule has 0 fully saturated rings. The molecule has 0 unspecified atom stereocenters. The van der Waals surface area contributed by atoms with Crippen molar-refractivity contribution in [3.8, 4) is 5.75 Å². The maximum Gasteiger partial charge on any atom is 0.341 e. The van der Waals surface area contributed by atoms with E-state index in [1.54, 1.807) is 31.2 Å². The molecule has 0 aliphatic carbocycles. The SMILES string of the molecule is CCOC(=O)c1c(NC(=O)COc2cccc(Cl)c2)sc(C)c1C. The van der Waals surface area contributed by atoms with Gasteiger partial charge in [-0.3, -0.25) is 4.79 Å². The van der Waals surface area contributed by atoms with Gasteiger partial charge >= 0.3 is 5.97 Å². The summed E-state index contributed by atoms with van der Waals surface area (Å²) >= 11 is 7.20. The van der Waals surface area contributed by atoms with Gasteiger partial charge in [0.1, 0.15) is 10.8 Å². The van der Waals surface area contributed by atoms with Crippen molar-refractivity contribution < 1.29 is 19.1 Å². The van der Waals surface area contributed by atoms with E-state index < -0.39 is 5.97 Å². The number of carbonyl (C=O) groups excluding carboxylic acids is 2. The Morgan fingerprint density at radius 1 is 1.29 bits per heavy atom. The fourth-order valence-corrected chi connectivity index (χ4v) is 3.28. The highest BCUT2D eigenvalue weighted by molar-refractivity contribution is 7.16. The van der Waals surface area contributed by atoms with E-state index in [2.05, 4.69) is 5.32 Å². The van der Waals surface area contributed by atoms with E-state index in [-0.39, 0.29) is 19.1 Å². The minimum absolute atomic E-state index is 0.182. The van der Waals surface area contributed by atoms with Crippen LogP contribution in [0.25, 0.3) is 0 Å². The van der Waals surface area contributed by atoms with Crippen molar-refractivity contribution in [3.05, 3.63) is 45.3 Å². The molecule has 1 aromatic heterocycles. The van der Waals surface area contributed by atoms with Gasteiger partial charge in [-0.2, -0.15) is 0 Å². The zero-order valence-corrected chi connectivity index (χ0v) is 15.2. The molecule has 0 saturated carbocycles. The number of hydrogen-bond donors (Lipinski definition) is 1. The lowest BCUT2D eigenvalue weighted by molar-refractivity contribution is -0.118. The van der Waals surface area contributed by atoms with Gasteiger partial charge in [-0.15, -0.1) is 11.3 Å². The van der Waals surface area contributed by atoms with E-state index in [1.807, 2.05) is 13.8 Å². The molecule has 0 atom stereocenters. The molecule has 0 aliphatic rings. The van der Waals surface area contributed by atoms with Crippen molar-refractivity contribution in [1.82, 2.24) is 0 Å². The van der Waals surface area contributed by atoms with Gasteiger partial charge in [0.15, 0.2) is 6.61 Å². The first-order chi connectivity index (χ1) is 11.4. The summed E-state index contributed by atoms with van der Waals surface area (Å²) in [5.41, 5.74) is 1.21. The van der Waals surface area contributed by atoms with Crippen LogP contribution < -0.4 is 10.1 Å². The minimum atomic E-state index is -0.439. The predicted molar refractivity (Wildman–Crippen MR) is 95.3 cm³/mol. The second-order valence-electron chi connectivity index (χ2n) is 5.00. The average molecular weight is 368 g/mol. The van der Waals surface area contributed by atoms with Crippen LogP contribution in [0.4, 0.5) is 5.00 Å². The van der Waals surface area contributed by atoms with E-state index in [0.717, 1.165) is 10.4 Å². The van der Waals surface area contributed by atoms with Gasteiger partial charge in [0.05, 0.1) is 12.2 Å². The monoisotopic (exact) mass is 367 g/mol. The van der Waals surface area contributed by atoms with Crippen molar-refractivity contribution >= 4 is 39.8 Å². The van der Waals surface area contributed by atoms with E-state index in [0.29, 0.717) is 21.3 Å². The van der Waals surface area contributed by atoms with Crippen LogP contribution in [-0.4, -0.2) is 25.1 Å². The van der Waals surface area contributed by atoms with Gasteiger partial charge in [0.25, 0.3) is 5.91 Å². The lowest BCUT2D eigenvalue weighted by Crippen LogP contribution is -2.21. The van der Waals surface area contributed by atoms with E-state index in [9.17, 15) is 9.59 Å². The summed E-state index contributed by atoms with van der Waals surface area (Å²) in [6.45, 7) is 5.55. The second kappa shape index (κ2) is 8.17. The molecule has 0 radical (unpaired) electrons. The Morgan fingerprint density at radius 2 is 2.04 bits per heavy atom. The van der Waals surface area contributed by atoms with Crippen molar-refractivity contribution in [3.63, 3.8) is 0 Å². The first-order valence-electron chi connectivity index (χ1n) is 7.37. The Balaban J connectivity index is 2.06. The molecule has 1 amide bonds. The number of thiophene rings is 1. The van der Waals surface area contributed by atoms with Crippen LogP contribution in [0.15, 0.2) is 24.3 Å². The molecule has 0 aliphatic heterocycles. The van der Waals surface area contributed by atoms with Crippen LogP contribution in [-0.2, 0) is 9.53 Å². The third kappa shape index (κ3) is 4.49. The summed E-state index contributed by atoms with van der Waals surface area (Å²) in [6, 6.07) is 6.79. The standard InChI is InChI=1S/C17H18ClNO4S/c1-4-22-17(21)15-10(2)11(3)24-16(15)19-14(20)9-23-13-7-5-6-12(18)8-13/h5-8H,4,9H2,1-3H3,(H,19,20). The van der Waals surface area contributed by atoms with Crippen LogP contribution >= 0.6 is 22.9 Å². The molecule has 0 bridgehead atoms. The van der Waals surface area contributed by atoms with E-state index in [4.69, 9.17) is 21.1 Å². The number of hydrogen-bond acceptors (Lipinski definition) is 5. The molecule has 1 N–H and O–H groups in total. The number of aryl methyl sites for hydroxylation is 1. The Bertz CT molecular complexity index is 757. The summed E-state index contributed by atoms with van der Waals surface area (Å²) < 4.78 is 10.5. The van der Waals surface area contributed by atoms with E-state index >= 15 is 0 Å². The van der Waals surface area contributed by atoms with Crippen LogP contribution in [0.5, 0.6) is 5.75 Å². The summed E-state index contributed by atoms with van der Waals surface area (Å²) in [4.78, 5) is 25.1. The number of anilines is 1. The van der Waals surface area contributed by atoms with Gasteiger partial charge in [-0.25, -0.2) is 4.79 Å². The van der Waals surface area contributed by atoms with Crippen molar-refractivity contribution in [1.29, 1.82) is 0 Å². The highest BCUT2D eigenvalue weighted by atomic mass is 35.5. The van der Waals surface area contributed by atoms with Gasteiger partial charge in [0.2, 0.25) is 0 Å². The highest BCUT2D eigenvalue weighted by Gasteiger charge is 2.22. The number of benzene rings is 1. The van der Waals surface area contributed by atoms with Crippen molar-refractivity contribution in [2.75, 3.05) is 18.5 Å². The first kappa shape index (κ1) is 18.3. The molecule has 0 saturated heterocycles. The smallest absolute Gasteiger partial charge is 0.341 e. The lowest BCUT2D eigenvalue weighted by Gasteiger charge is -2.08. The number of rotatable bonds is 6. The highest BCUT2D eigenvalue weighted by Crippen LogP contribution is 2.33. The normalized spacial score (nSPS) is 10.3. The summed E-state index contributed by atoms with van der Waals surface area (Å²) in [6.07, 6.45) is 0. The first-order valence-corrected chi connectivity index (χ1v) is 8.57. The van der Waals surface area contributed by atoms with Gasteiger partial charge in [-0.05, 0) is 44.5 Å². The van der Waals surface area contributed by atoms with Crippen molar-refractivity contribution in [2.45, 2.75) is 20.8 Å². The number of carbonyl (C=O) groups is 2. The molecule has 1 heterocycles. The Kier molecular flexibility index (Phi) is 6.23. The third-order valence-corrected chi connectivity index (χ3v) is 4.64. The maximum atomic E-state index is 12.1. The quantitative estimate of drug-likeness (QED) is 0.776. The van der Waals surface area contributed by atoms with Crippen LogP contribution in [0.3, 0.4) is 0 Å². The largest absolute Gasteiger partial charge is 0.484 e. The molecular weight excluding hydrogens is 350 g/mol. The average Bonchev–Trinajstić information content (AvgIpc) is 2.80. The zero-order valence-electron chi connectivity index (χ0n) is 13.6. The molecule has 7 heteroatoms. The molecule has 0 spiro atoms. The van der Waals surface area contributed by atoms with Gasteiger partial charge in [-0.1, -0.05) is 17.7 Å². The van der Waals surface area contributed by atoms with Crippen LogP contribution in [0, 0.1) is 13.8 Å². The predicted octanol–water partition coefficient (Wildman–Crippen LogP) is 4.21. The lowest BCUT2D eigenvalue weighted by atomic mass is 10.1. The number of esters is 1. The topological polar surface area (TPSA) is 64.6 Å². The fraction of sp³-hybridized carbons (Fsp3) is 0.294. The van der Waals surface area contributed by atoms with Crippen LogP contribution in [0.2, 0.25) is 5.02 Å². The number of amides is 1. The number of halogens is 1. The minimum Gasteiger partial charge on any atom is -0.484 e. The maximum absolute atomic E-state index is 12.1. The molecule has 1 aromatic carbocycles. The number of nitrogens with one attached hydrogen (secondary N) is 1. The molecular formula is C17H18ClNO4S. The molecule has 2 aromatic rings. The van der Waals surface area contributed by atoms with Gasteiger partial charge < -0.3 is 14.8 Å². The van der Waals surface area contributed by atoms with Crippen molar-refractivity contribution in [2.24, 2.45) is 0 Å². The summed E-state index contributed by atoms with van der Waals surface area (Å²) in [7, 11) is 0. The second-order valence-corrected chi connectivity index (χ2v) is 6.66. The Hall–Kier alpha value is -2.05. The van der Waals surface area contributed by atoms with E-state index in [1.165, 1.54) is 11.3 Å². The molecule has 5 nitrogen and oxygen atoms in total. The zero-order chi connectivity index (χ0) is 17.7.